The lowest BCUT2D eigenvalue weighted by Gasteiger charge is -2.12. The Morgan fingerprint density at radius 1 is 1.31 bits per heavy atom. The van der Waals surface area contributed by atoms with Crippen molar-refractivity contribution < 1.29 is 9.90 Å². The van der Waals surface area contributed by atoms with E-state index >= 15 is 0 Å². The minimum absolute atomic E-state index is 0.261. The monoisotopic (exact) mass is 215 g/mol. The SMILES string of the molecule is O=C(C#CC1(O)CCCC1)c1ccncc1. The van der Waals surface area contributed by atoms with Crippen LogP contribution in [0.15, 0.2) is 24.5 Å². The molecule has 1 fully saturated rings. The summed E-state index contributed by atoms with van der Waals surface area (Å²) in [5.74, 6) is 4.95. The summed E-state index contributed by atoms with van der Waals surface area (Å²) in [5, 5.41) is 9.95. The smallest absolute Gasteiger partial charge is 0.236 e. The van der Waals surface area contributed by atoms with E-state index in [0.29, 0.717) is 18.4 Å². The zero-order valence-corrected chi connectivity index (χ0v) is 8.94. The number of pyridine rings is 1. The second-order valence-corrected chi connectivity index (χ2v) is 4.05. The van der Waals surface area contributed by atoms with Crippen LogP contribution in [0.3, 0.4) is 0 Å². The number of carbonyl (C=O) groups is 1. The third-order valence-corrected chi connectivity index (χ3v) is 2.78. The lowest BCUT2D eigenvalue weighted by Crippen LogP contribution is -2.21. The van der Waals surface area contributed by atoms with Crippen molar-refractivity contribution in [3.8, 4) is 11.8 Å². The van der Waals surface area contributed by atoms with Crippen LogP contribution in [-0.4, -0.2) is 21.5 Å². The maximum absolute atomic E-state index is 11.6. The first-order chi connectivity index (χ1) is 7.70. The molecule has 0 amide bonds. The molecule has 0 unspecified atom stereocenters. The predicted molar refractivity (Wildman–Crippen MR) is 59.8 cm³/mol. The summed E-state index contributed by atoms with van der Waals surface area (Å²) < 4.78 is 0. The number of Topliss-reactive ketones (excluding diaryl/α,β-unsaturated/α-hetero) is 1. The molecule has 1 aliphatic carbocycles. The maximum Gasteiger partial charge on any atom is 0.236 e. The Hall–Kier alpha value is -1.66. The molecule has 3 heteroatoms. The quantitative estimate of drug-likeness (QED) is 0.439. The highest BCUT2D eigenvalue weighted by Crippen LogP contribution is 2.28. The van der Waals surface area contributed by atoms with Crippen molar-refractivity contribution in [1.29, 1.82) is 0 Å². The molecule has 1 aromatic heterocycles. The van der Waals surface area contributed by atoms with Crippen LogP contribution in [0.2, 0.25) is 0 Å². The maximum atomic E-state index is 11.6. The highest BCUT2D eigenvalue weighted by Gasteiger charge is 2.28. The number of nitrogens with zero attached hydrogens (tertiary/aromatic N) is 1. The summed E-state index contributed by atoms with van der Waals surface area (Å²) in [4.78, 5) is 15.5. The second kappa shape index (κ2) is 4.46. The van der Waals surface area contributed by atoms with Gasteiger partial charge < -0.3 is 5.11 Å². The Kier molecular flexibility index (Phi) is 3.02. The average molecular weight is 215 g/mol. The van der Waals surface area contributed by atoms with Gasteiger partial charge in [-0.05, 0) is 43.7 Å². The predicted octanol–water partition coefficient (Wildman–Crippen LogP) is 1.57. The Bertz CT molecular complexity index is 436. The normalized spacial score (nSPS) is 17.6. The fourth-order valence-electron chi connectivity index (χ4n) is 1.83. The van der Waals surface area contributed by atoms with Crippen LogP contribution in [0.25, 0.3) is 0 Å². The van der Waals surface area contributed by atoms with Crippen LogP contribution in [0, 0.1) is 11.8 Å². The van der Waals surface area contributed by atoms with E-state index in [0.717, 1.165) is 12.8 Å². The number of aromatic nitrogens is 1. The average Bonchev–Trinajstić information content (AvgIpc) is 2.75. The molecule has 1 aliphatic rings. The van der Waals surface area contributed by atoms with Crippen LogP contribution in [0.5, 0.6) is 0 Å². The first kappa shape index (κ1) is 10.8. The molecule has 1 aromatic rings. The Balaban J connectivity index is 2.11. The molecule has 1 heterocycles. The molecule has 0 radical (unpaired) electrons. The standard InChI is InChI=1S/C13H13NO2/c15-12(11-4-9-14-10-5-11)3-8-13(16)6-1-2-7-13/h4-5,9-10,16H,1-2,6-7H2. The molecule has 1 saturated carbocycles. The van der Waals surface area contributed by atoms with Gasteiger partial charge in [-0.15, -0.1) is 0 Å². The van der Waals surface area contributed by atoms with Crippen molar-refractivity contribution in [2.75, 3.05) is 0 Å². The summed E-state index contributed by atoms with van der Waals surface area (Å²) in [6.45, 7) is 0. The van der Waals surface area contributed by atoms with Gasteiger partial charge in [0, 0.05) is 18.0 Å². The highest BCUT2D eigenvalue weighted by atomic mass is 16.3. The highest BCUT2D eigenvalue weighted by molar-refractivity contribution is 6.08. The molecule has 0 aliphatic heterocycles. The molecule has 0 aromatic carbocycles. The first-order valence-corrected chi connectivity index (χ1v) is 5.40. The molecule has 0 spiro atoms. The van der Waals surface area contributed by atoms with E-state index in [4.69, 9.17) is 0 Å². The minimum atomic E-state index is -0.942. The molecule has 0 atom stereocenters. The summed E-state index contributed by atoms with van der Waals surface area (Å²) >= 11 is 0. The summed E-state index contributed by atoms with van der Waals surface area (Å²) in [7, 11) is 0. The zero-order chi connectivity index (χ0) is 11.4. The van der Waals surface area contributed by atoms with Gasteiger partial charge in [0.2, 0.25) is 5.78 Å². The van der Waals surface area contributed by atoms with Crippen molar-refractivity contribution >= 4 is 5.78 Å². The number of hydrogen-bond donors (Lipinski definition) is 1. The van der Waals surface area contributed by atoms with Crippen molar-refractivity contribution in [1.82, 2.24) is 4.98 Å². The van der Waals surface area contributed by atoms with Crippen LogP contribution in [-0.2, 0) is 0 Å². The van der Waals surface area contributed by atoms with E-state index in [1.54, 1.807) is 24.5 Å². The largest absolute Gasteiger partial charge is 0.378 e. The van der Waals surface area contributed by atoms with Crippen molar-refractivity contribution in [3.05, 3.63) is 30.1 Å². The molecule has 82 valence electrons. The number of ketones is 1. The number of carbonyl (C=O) groups excluding carboxylic acids is 1. The number of rotatable bonds is 1. The van der Waals surface area contributed by atoms with Crippen LogP contribution < -0.4 is 0 Å². The Labute approximate surface area is 94.5 Å². The van der Waals surface area contributed by atoms with Crippen LogP contribution >= 0.6 is 0 Å². The van der Waals surface area contributed by atoms with E-state index in [9.17, 15) is 9.90 Å². The molecule has 0 bridgehead atoms. The molecule has 16 heavy (non-hydrogen) atoms. The third-order valence-electron chi connectivity index (χ3n) is 2.78. The van der Waals surface area contributed by atoms with Crippen molar-refractivity contribution in [2.45, 2.75) is 31.3 Å². The summed E-state index contributed by atoms with van der Waals surface area (Å²) in [5.41, 5.74) is -0.424. The molecule has 3 nitrogen and oxygen atoms in total. The van der Waals surface area contributed by atoms with Gasteiger partial charge in [-0.1, -0.05) is 5.92 Å². The van der Waals surface area contributed by atoms with Gasteiger partial charge in [-0.25, -0.2) is 0 Å². The van der Waals surface area contributed by atoms with Crippen LogP contribution in [0.1, 0.15) is 36.0 Å². The van der Waals surface area contributed by atoms with Gasteiger partial charge in [0.05, 0.1) is 0 Å². The van der Waals surface area contributed by atoms with Gasteiger partial charge in [-0.3, -0.25) is 9.78 Å². The minimum Gasteiger partial charge on any atom is -0.378 e. The third kappa shape index (κ3) is 2.47. The topological polar surface area (TPSA) is 50.2 Å². The Morgan fingerprint density at radius 3 is 2.56 bits per heavy atom. The second-order valence-electron chi connectivity index (χ2n) is 4.05. The van der Waals surface area contributed by atoms with Gasteiger partial charge in [0.15, 0.2) is 0 Å². The summed E-state index contributed by atoms with van der Waals surface area (Å²) in [6.07, 6.45) is 6.41. The first-order valence-electron chi connectivity index (χ1n) is 5.40. The lowest BCUT2D eigenvalue weighted by atomic mass is 10.0. The number of hydrogen-bond acceptors (Lipinski definition) is 3. The summed E-state index contributed by atoms with van der Waals surface area (Å²) in [6, 6.07) is 3.24. The lowest BCUT2D eigenvalue weighted by molar-refractivity contribution is 0.103. The van der Waals surface area contributed by atoms with E-state index in [1.807, 2.05) is 0 Å². The van der Waals surface area contributed by atoms with E-state index in [-0.39, 0.29) is 5.78 Å². The molecular formula is C13H13NO2. The van der Waals surface area contributed by atoms with Crippen molar-refractivity contribution in [2.24, 2.45) is 0 Å². The molecule has 1 N–H and O–H groups in total. The zero-order valence-electron chi connectivity index (χ0n) is 8.94. The molecule has 2 rings (SSSR count). The fraction of sp³-hybridized carbons (Fsp3) is 0.385. The van der Waals surface area contributed by atoms with Gasteiger partial charge >= 0.3 is 0 Å². The Morgan fingerprint density at radius 2 is 1.94 bits per heavy atom. The van der Waals surface area contributed by atoms with E-state index in [2.05, 4.69) is 16.8 Å². The fourth-order valence-corrected chi connectivity index (χ4v) is 1.83. The van der Waals surface area contributed by atoms with Crippen LogP contribution in [0.4, 0.5) is 0 Å². The van der Waals surface area contributed by atoms with Gasteiger partial charge in [0.1, 0.15) is 5.60 Å². The molecule has 0 saturated heterocycles. The number of aliphatic hydroxyl groups is 1. The van der Waals surface area contributed by atoms with E-state index < -0.39 is 5.60 Å². The van der Waals surface area contributed by atoms with E-state index in [1.165, 1.54) is 0 Å². The molecular weight excluding hydrogens is 202 g/mol. The van der Waals surface area contributed by atoms with Crippen molar-refractivity contribution in [3.63, 3.8) is 0 Å². The van der Waals surface area contributed by atoms with Gasteiger partial charge in [0.25, 0.3) is 0 Å². The van der Waals surface area contributed by atoms with Gasteiger partial charge in [-0.2, -0.15) is 0 Å².